The summed E-state index contributed by atoms with van der Waals surface area (Å²) < 4.78 is 24.8. The summed E-state index contributed by atoms with van der Waals surface area (Å²) in [6.45, 7) is 11.9. The van der Waals surface area contributed by atoms with E-state index >= 15 is 0 Å². The number of hydrogen-bond acceptors (Lipinski definition) is 8. The highest BCUT2D eigenvalue weighted by molar-refractivity contribution is 5.99. The number of benzene rings is 6. The third-order valence-corrected chi connectivity index (χ3v) is 12.2. The Kier molecular flexibility index (Phi) is 14.4. The SMILES string of the molecule is CC1=C(C(=O)OC(C)C)C(c2c(OCCCCOc3ccc4ccccc4c3C3NC(=O)N(Cc4ccccc4)C(C)=C3C(=O)OC(C)C)ccc3ccccc23)NC(=O)N1Cc1ccccc1. The maximum Gasteiger partial charge on any atom is 0.338 e. The van der Waals surface area contributed by atoms with E-state index in [0.29, 0.717) is 71.2 Å². The zero-order valence-corrected chi connectivity index (χ0v) is 39.4. The fourth-order valence-corrected chi connectivity index (χ4v) is 8.96. The monoisotopic (exact) mass is 914 g/mol. The molecule has 0 saturated carbocycles. The van der Waals surface area contributed by atoms with Gasteiger partial charge in [0, 0.05) is 22.5 Å². The van der Waals surface area contributed by atoms with Crippen molar-refractivity contribution in [2.75, 3.05) is 13.2 Å². The number of fused-ring (bicyclic) bond motifs is 2. The van der Waals surface area contributed by atoms with Crippen molar-refractivity contribution >= 4 is 45.5 Å². The smallest absolute Gasteiger partial charge is 0.338 e. The van der Waals surface area contributed by atoms with Crippen LogP contribution < -0.4 is 20.1 Å². The largest absolute Gasteiger partial charge is 0.493 e. The standard InChI is InChI=1S/C56H58N4O8/c1-35(2)67-53(61)47-37(5)59(33-39-19-9-7-10-20-39)55(63)57-51(47)49-43-25-15-13-23-41(43)27-29-45(49)65-31-17-18-32-66-46-30-28-42-24-14-16-26-44(42)50(46)52-48(54(62)68-36(3)4)38(6)60(56(64)58-52)34-40-21-11-8-12-22-40/h7-16,19-30,35-36,51-52H,17-18,31-34H2,1-6H3,(H,57,63)(H,58,64). The topological polar surface area (TPSA) is 136 Å². The van der Waals surface area contributed by atoms with E-state index in [1.807, 2.05) is 133 Å². The highest BCUT2D eigenvalue weighted by Gasteiger charge is 2.41. The molecule has 6 aromatic carbocycles. The summed E-state index contributed by atoms with van der Waals surface area (Å²) >= 11 is 0. The Balaban J connectivity index is 1.04. The third-order valence-electron chi connectivity index (χ3n) is 12.2. The molecule has 2 atom stereocenters. The van der Waals surface area contributed by atoms with Gasteiger partial charge in [-0.25, -0.2) is 19.2 Å². The van der Waals surface area contributed by atoms with Gasteiger partial charge in [0.05, 0.1) is 61.7 Å². The van der Waals surface area contributed by atoms with E-state index in [-0.39, 0.29) is 37.4 Å². The molecule has 2 unspecified atom stereocenters. The van der Waals surface area contributed by atoms with Crippen LogP contribution in [-0.2, 0) is 32.2 Å². The number of ether oxygens (including phenoxy) is 4. The summed E-state index contributed by atoms with van der Waals surface area (Å²) in [6, 6.07) is 40.3. The van der Waals surface area contributed by atoms with Crippen molar-refractivity contribution < 1.29 is 38.1 Å². The lowest BCUT2D eigenvalue weighted by atomic mass is 9.90. The van der Waals surface area contributed by atoms with Gasteiger partial charge in [-0.2, -0.15) is 0 Å². The predicted molar refractivity (Wildman–Crippen MR) is 262 cm³/mol. The zero-order chi connectivity index (χ0) is 47.9. The molecule has 2 aliphatic heterocycles. The molecule has 6 aromatic rings. The van der Waals surface area contributed by atoms with E-state index in [0.717, 1.165) is 32.7 Å². The van der Waals surface area contributed by atoms with Crippen LogP contribution in [0.2, 0.25) is 0 Å². The molecule has 4 amide bonds. The fourth-order valence-electron chi connectivity index (χ4n) is 8.96. The van der Waals surface area contributed by atoms with Crippen molar-refractivity contribution in [3.8, 4) is 11.5 Å². The first kappa shape index (κ1) is 46.9. The summed E-state index contributed by atoms with van der Waals surface area (Å²) in [6.07, 6.45) is 0.405. The van der Waals surface area contributed by atoms with E-state index in [9.17, 15) is 19.2 Å². The van der Waals surface area contributed by atoms with Gasteiger partial charge in [0.25, 0.3) is 0 Å². The van der Waals surface area contributed by atoms with Crippen LogP contribution in [0.1, 0.15) is 88.7 Å². The third kappa shape index (κ3) is 10.2. The highest BCUT2D eigenvalue weighted by Crippen LogP contribution is 2.43. The van der Waals surface area contributed by atoms with Crippen molar-refractivity contribution in [2.45, 2.75) is 91.8 Å². The quantitative estimate of drug-likeness (QED) is 0.0682. The number of urea groups is 2. The predicted octanol–water partition coefficient (Wildman–Crippen LogP) is 11.2. The molecule has 68 heavy (non-hydrogen) atoms. The van der Waals surface area contributed by atoms with E-state index in [4.69, 9.17) is 18.9 Å². The molecule has 0 bridgehead atoms. The number of carbonyl (C=O) groups excluding carboxylic acids is 4. The van der Waals surface area contributed by atoms with E-state index < -0.39 is 24.0 Å². The fraction of sp³-hybridized carbons (Fsp3) is 0.286. The van der Waals surface area contributed by atoms with Crippen LogP contribution in [0, 0.1) is 0 Å². The first-order chi connectivity index (χ1) is 32.9. The molecule has 0 fully saturated rings. The Morgan fingerprint density at radius 2 is 0.882 bits per heavy atom. The van der Waals surface area contributed by atoms with E-state index in [1.165, 1.54) is 0 Å². The number of hydrogen-bond donors (Lipinski definition) is 2. The number of nitrogens with one attached hydrogen (secondary N) is 2. The number of allylic oxidation sites excluding steroid dienone is 2. The van der Waals surface area contributed by atoms with Crippen molar-refractivity contribution in [2.24, 2.45) is 0 Å². The van der Waals surface area contributed by atoms with Crippen molar-refractivity contribution in [1.29, 1.82) is 0 Å². The molecule has 12 heteroatoms. The van der Waals surface area contributed by atoms with E-state index in [1.54, 1.807) is 51.3 Å². The van der Waals surface area contributed by atoms with E-state index in [2.05, 4.69) is 10.6 Å². The maximum absolute atomic E-state index is 14.0. The van der Waals surface area contributed by atoms with Crippen molar-refractivity contribution in [3.05, 3.63) is 178 Å². The van der Waals surface area contributed by atoms with Crippen LogP contribution in [0.5, 0.6) is 11.5 Å². The lowest BCUT2D eigenvalue weighted by molar-refractivity contribution is -0.144. The normalized spacial score (nSPS) is 16.4. The average molecular weight is 915 g/mol. The Hall–Kier alpha value is -7.60. The molecule has 12 nitrogen and oxygen atoms in total. The number of carbonyl (C=O) groups is 4. The Labute approximate surface area is 397 Å². The molecular formula is C56H58N4O8. The number of amides is 4. The van der Waals surface area contributed by atoms with Crippen molar-refractivity contribution in [3.63, 3.8) is 0 Å². The Morgan fingerprint density at radius 3 is 1.26 bits per heavy atom. The van der Waals surface area contributed by atoms with Gasteiger partial charge in [-0.05, 0) is 99.2 Å². The van der Waals surface area contributed by atoms with Crippen LogP contribution >= 0.6 is 0 Å². The molecule has 0 aromatic heterocycles. The maximum atomic E-state index is 14.0. The Morgan fingerprint density at radius 1 is 0.515 bits per heavy atom. The number of rotatable bonds is 17. The minimum atomic E-state index is -0.859. The van der Waals surface area contributed by atoms with Crippen LogP contribution in [0.15, 0.2) is 156 Å². The molecule has 2 aliphatic rings. The van der Waals surface area contributed by atoms with Gasteiger partial charge in [-0.1, -0.05) is 121 Å². The zero-order valence-electron chi connectivity index (χ0n) is 39.4. The highest BCUT2D eigenvalue weighted by atomic mass is 16.5. The molecule has 0 radical (unpaired) electrons. The molecule has 0 aliphatic carbocycles. The minimum Gasteiger partial charge on any atom is -0.493 e. The molecule has 0 saturated heterocycles. The van der Waals surface area contributed by atoms with Gasteiger partial charge in [0.2, 0.25) is 0 Å². The summed E-state index contributed by atoms with van der Waals surface area (Å²) in [5.41, 5.74) is 4.83. The van der Waals surface area contributed by atoms with Gasteiger partial charge in [0.15, 0.2) is 0 Å². The summed E-state index contributed by atoms with van der Waals surface area (Å²) in [4.78, 5) is 59.3. The summed E-state index contributed by atoms with van der Waals surface area (Å²) in [5.74, 6) is 0.0273. The number of nitrogens with zero attached hydrogens (tertiary/aromatic N) is 2. The Bertz CT molecular complexity index is 2700. The molecule has 2 heterocycles. The molecule has 0 spiro atoms. The minimum absolute atomic E-state index is 0.274. The van der Waals surface area contributed by atoms with Gasteiger partial charge in [0.1, 0.15) is 11.5 Å². The summed E-state index contributed by atoms with van der Waals surface area (Å²) in [5, 5.41) is 9.81. The van der Waals surface area contributed by atoms with Gasteiger partial charge in [-0.15, -0.1) is 0 Å². The molecule has 350 valence electrons. The summed E-state index contributed by atoms with van der Waals surface area (Å²) in [7, 11) is 0. The second kappa shape index (κ2) is 20.9. The molecular weight excluding hydrogens is 857 g/mol. The van der Waals surface area contributed by atoms with Crippen LogP contribution in [0.3, 0.4) is 0 Å². The first-order valence-electron chi connectivity index (χ1n) is 23.3. The van der Waals surface area contributed by atoms with Crippen LogP contribution in [-0.4, -0.2) is 59.2 Å². The van der Waals surface area contributed by atoms with Crippen LogP contribution in [0.4, 0.5) is 9.59 Å². The first-order valence-corrected chi connectivity index (χ1v) is 23.3. The number of esters is 2. The average Bonchev–Trinajstić information content (AvgIpc) is 3.32. The number of unbranched alkanes of at least 4 members (excludes halogenated alkanes) is 1. The molecule has 2 N–H and O–H groups in total. The lowest BCUT2D eigenvalue weighted by Crippen LogP contribution is -2.48. The second-order valence-electron chi connectivity index (χ2n) is 17.6. The van der Waals surface area contributed by atoms with Crippen molar-refractivity contribution in [1.82, 2.24) is 20.4 Å². The molecule has 8 rings (SSSR count). The lowest BCUT2D eigenvalue weighted by Gasteiger charge is -2.36. The van der Waals surface area contributed by atoms with Gasteiger partial charge >= 0.3 is 24.0 Å². The van der Waals surface area contributed by atoms with Gasteiger partial charge < -0.3 is 29.6 Å². The second-order valence-corrected chi connectivity index (χ2v) is 17.6. The van der Waals surface area contributed by atoms with Gasteiger partial charge in [-0.3, -0.25) is 9.80 Å². The van der Waals surface area contributed by atoms with Crippen LogP contribution in [0.25, 0.3) is 21.5 Å².